The van der Waals surface area contributed by atoms with Gasteiger partial charge >= 0.3 is 0 Å². The summed E-state index contributed by atoms with van der Waals surface area (Å²) < 4.78 is 0. The number of nitrogens with two attached hydrogens (primary N) is 1. The smallest absolute Gasteiger partial charge is 0.0418 e. The molecule has 0 aromatic carbocycles. The summed E-state index contributed by atoms with van der Waals surface area (Å²) in [5.41, 5.74) is 8.70. The first-order chi connectivity index (χ1) is 6.20. The lowest BCUT2D eigenvalue weighted by Crippen LogP contribution is -1.88. The van der Waals surface area contributed by atoms with Gasteiger partial charge in [0.1, 0.15) is 0 Å². The van der Waals surface area contributed by atoms with Gasteiger partial charge in [-0.2, -0.15) is 0 Å². The van der Waals surface area contributed by atoms with Crippen molar-refractivity contribution in [3.05, 3.63) is 41.7 Å². The fourth-order valence-corrected chi connectivity index (χ4v) is 0.901. The number of nitrogen functional groups attached to an aromatic ring is 1. The Labute approximate surface area is 78.8 Å². The predicted molar refractivity (Wildman–Crippen MR) is 57.1 cm³/mol. The molecule has 0 aliphatic carbocycles. The number of pyridine rings is 1. The highest BCUT2D eigenvalue weighted by molar-refractivity contribution is 5.63. The molecule has 68 valence electrons. The molecule has 0 unspecified atom stereocenters. The van der Waals surface area contributed by atoms with E-state index in [1.54, 1.807) is 18.5 Å². The standard InChI is InChI=1S/C11H14N2/c1-9(2)4-3-5-10-8-13-7-6-11(10)12/h3-8H,1-2H3,(H2,12,13)/b5-3-. The van der Waals surface area contributed by atoms with Crippen molar-refractivity contribution in [3.63, 3.8) is 0 Å². The number of rotatable bonds is 2. The molecule has 0 saturated heterocycles. The van der Waals surface area contributed by atoms with Crippen LogP contribution in [0.4, 0.5) is 5.69 Å². The molecule has 2 nitrogen and oxygen atoms in total. The molecule has 1 aromatic rings. The maximum atomic E-state index is 5.73. The van der Waals surface area contributed by atoms with Gasteiger partial charge in [0.15, 0.2) is 0 Å². The molecule has 1 aromatic heterocycles. The van der Waals surface area contributed by atoms with Crippen LogP contribution in [0.25, 0.3) is 6.08 Å². The molecule has 0 amide bonds. The lowest BCUT2D eigenvalue weighted by atomic mass is 10.2. The maximum absolute atomic E-state index is 5.73. The van der Waals surface area contributed by atoms with Gasteiger partial charge in [-0.3, -0.25) is 4.98 Å². The lowest BCUT2D eigenvalue weighted by molar-refractivity contribution is 1.32. The van der Waals surface area contributed by atoms with Gasteiger partial charge < -0.3 is 5.73 Å². The van der Waals surface area contributed by atoms with Crippen LogP contribution in [-0.2, 0) is 0 Å². The summed E-state index contributed by atoms with van der Waals surface area (Å²) in [4.78, 5) is 3.99. The van der Waals surface area contributed by atoms with Gasteiger partial charge in [0.2, 0.25) is 0 Å². The highest BCUT2D eigenvalue weighted by atomic mass is 14.7. The first-order valence-corrected chi connectivity index (χ1v) is 4.21. The second-order valence-corrected chi connectivity index (χ2v) is 3.11. The molecule has 0 bridgehead atoms. The van der Waals surface area contributed by atoms with E-state index in [1.165, 1.54) is 5.57 Å². The Bertz CT molecular complexity index is 334. The van der Waals surface area contributed by atoms with Crippen molar-refractivity contribution < 1.29 is 0 Å². The topological polar surface area (TPSA) is 38.9 Å². The molecule has 0 aliphatic heterocycles. The van der Waals surface area contributed by atoms with Crippen LogP contribution in [0.3, 0.4) is 0 Å². The molecule has 1 rings (SSSR count). The van der Waals surface area contributed by atoms with Crippen molar-refractivity contribution in [2.75, 3.05) is 5.73 Å². The van der Waals surface area contributed by atoms with Crippen LogP contribution in [0, 0.1) is 0 Å². The number of hydrogen-bond donors (Lipinski definition) is 1. The molecule has 0 fully saturated rings. The van der Waals surface area contributed by atoms with Crippen LogP contribution >= 0.6 is 0 Å². The van der Waals surface area contributed by atoms with Gasteiger partial charge in [-0.15, -0.1) is 0 Å². The highest BCUT2D eigenvalue weighted by Gasteiger charge is 1.90. The Kier molecular flexibility index (Phi) is 3.26. The predicted octanol–water partition coefficient (Wildman–Crippen LogP) is 2.64. The SMILES string of the molecule is CC(C)=C/C=C\c1cnccc1N. The minimum absolute atomic E-state index is 0.758. The minimum Gasteiger partial charge on any atom is -0.398 e. The van der Waals surface area contributed by atoms with Crippen LogP contribution in [0.1, 0.15) is 19.4 Å². The zero-order valence-corrected chi connectivity index (χ0v) is 7.99. The van der Waals surface area contributed by atoms with Crippen molar-refractivity contribution in [3.8, 4) is 0 Å². The number of allylic oxidation sites excluding steroid dienone is 3. The first-order valence-electron chi connectivity index (χ1n) is 4.21. The highest BCUT2D eigenvalue weighted by Crippen LogP contribution is 2.10. The summed E-state index contributed by atoms with van der Waals surface area (Å²) in [6.45, 7) is 4.11. The van der Waals surface area contributed by atoms with Gasteiger partial charge in [-0.25, -0.2) is 0 Å². The zero-order valence-electron chi connectivity index (χ0n) is 7.99. The largest absolute Gasteiger partial charge is 0.398 e. The molecule has 0 saturated carbocycles. The van der Waals surface area contributed by atoms with Crippen molar-refractivity contribution >= 4 is 11.8 Å². The van der Waals surface area contributed by atoms with E-state index in [9.17, 15) is 0 Å². The first kappa shape index (κ1) is 9.52. The summed E-state index contributed by atoms with van der Waals surface area (Å²) >= 11 is 0. The molecule has 0 radical (unpaired) electrons. The summed E-state index contributed by atoms with van der Waals surface area (Å²) in [5.74, 6) is 0. The van der Waals surface area contributed by atoms with Crippen LogP contribution in [0.2, 0.25) is 0 Å². The molecule has 2 N–H and O–H groups in total. The van der Waals surface area contributed by atoms with Gasteiger partial charge in [0, 0.05) is 23.6 Å². The average Bonchev–Trinajstić information content (AvgIpc) is 2.08. The molecule has 1 heterocycles. The quantitative estimate of drug-likeness (QED) is 0.700. The molecule has 0 atom stereocenters. The van der Waals surface area contributed by atoms with E-state index in [2.05, 4.69) is 18.8 Å². The third-order valence-corrected chi connectivity index (χ3v) is 1.59. The number of anilines is 1. The monoisotopic (exact) mass is 174 g/mol. The third kappa shape index (κ3) is 3.11. The number of hydrogen-bond acceptors (Lipinski definition) is 2. The van der Waals surface area contributed by atoms with E-state index in [0.29, 0.717) is 0 Å². The Balaban J connectivity index is 2.80. The number of aromatic nitrogens is 1. The molecular formula is C11H14N2. The summed E-state index contributed by atoms with van der Waals surface area (Å²) in [6, 6.07) is 1.79. The Morgan fingerprint density at radius 3 is 2.85 bits per heavy atom. The van der Waals surface area contributed by atoms with Gasteiger partial charge in [-0.05, 0) is 19.9 Å². The average molecular weight is 174 g/mol. The van der Waals surface area contributed by atoms with Crippen molar-refractivity contribution in [1.82, 2.24) is 4.98 Å². The van der Waals surface area contributed by atoms with Crippen LogP contribution < -0.4 is 5.73 Å². The second-order valence-electron chi connectivity index (χ2n) is 3.11. The van der Waals surface area contributed by atoms with Gasteiger partial charge in [-0.1, -0.05) is 23.8 Å². The fourth-order valence-electron chi connectivity index (χ4n) is 0.901. The van der Waals surface area contributed by atoms with Crippen molar-refractivity contribution in [1.29, 1.82) is 0 Å². The number of nitrogens with zero attached hydrogens (tertiary/aromatic N) is 1. The fraction of sp³-hybridized carbons (Fsp3) is 0.182. The molecule has 0 spiro atoms. The Morgan fingerprint density at radius 1 is 1.46 bits per heavy atom. The van der Waals surface area contributed by atoms with E-state index < -0.39 is 0 Å². The van der Waals surface area contributed by atoms with E-state index in [-0.39, 0.29) is 0 Å². The van der Waals surface area contributed by atoms with Crippen molar-refractivity contribution in [2.45, 2.75) is 13.8 Å². The maximum Gasteiger partial charge on any atom is 0.0418 e. The van der Waals surface area contributed by atoms with Crippen molar-refractivity contribution in [2.24, 2.45) is 0 Å². The van der Waals surface area contributed by atoms with E-state index in [4.69, 9.17) is 5.73 Å². The van der Waals surface area contributed by atoms with E-state index in [0.717, 1.165) is 11.3 Å². The Morgan fingerprint density at radius 2 is 2.23 bits per heavy atom. The zero-order chi connectivity index (χ0) is 9.68. The molecular weight excluding hydrogens is 160 g/mol. The van der Waals surface area contributed by atoms with Crippen LogP contribution in [0.5, 0.6) is 0 Å². The van der Waals surface area contributed by atoms with Gasteiger partial charge in [0.05, 0.1) is 0 Å². The summed E-state index contributed by atoms with van der Waals surface area (Å²) in [5, 5.41) is 0. The van der Waals surface area contributed by atoms with Crippen LogP contribution in [-0.4, -0.2) is 4.98 Å². The second kappa shape index (κ2) is 4.45. The summed E-state index contributed by atoms with van der Waals surface area (Å²) in [6.07, 6.45) is 9.41. The van der Waals surface area contributed by atoms with Gasteiger partial charge in [0.25, 0.3) is 0 Å². The van der Waals surface area contributed by atoms with Crippen LogP contribution in [0.15, 0.2) is 36.2 Å². The molecule has 0 aliphatic rings. The lowest BCUT2D eigenvalue weighted by Gasteiger charge is -1.96. The molecule has 13 heavy (non-hydrogen) atoms. The minimum atomic E-state index is 0.758. The van der Waals surface area contributed by atoms with E-state index >= 15 is 0 Å². The molecule has 2 heteroatoms. The van der Waals surface area contributed by atoms with E-state index in [1.807, 2.05) is 18.2 Å². The normalized spacial score (nSPS) is 10.3. The summed E-state index contributed by atoms with van der Waals surface area (Å²) in [7, 11) is 0. The Hall–Kier alpha value is -1.57. The third-order valence-electron chi connectivity index (χ3n) is 1.59.